The molecule has 1 atom stereocenters. The second-order valence-corrected chi connectivity index (χ2v) is 7.12. The molecule has 27 heavy (non-hydrogen) atoms. The second kappa shape index (κ2) is 7.56. The Bertz CT molecular complexity index is 918. The molecule has 1 aliphatic heterocycles. The molecule has 1 unspecified atom stereocenters. The Balaban J connectivity index is 1.70. The number of nitrogens with two attached hydrogens (primary N) is 1. The van der Waals surface area contributed by atoms with Gasteiger partial charge in [-0.05, 0) is 57.0 Å². The predicted octanol–water partition coefficient (Wildman–Crippen LogP) is 3.71. The van der Waals surface area contributed by atoms with E-state index in [1.807, 2.05) is 31.3 Å². The van der Waals surface area contributed by atoms with Gasteiger partial charge in [0.25, 0.3) is 0 Å². The Hall–Kier alpha value is -2.60. The summed E-state index contributed by atoms with van der Waals surface area (Å²) in [6.45, 7) is 7.46. The smallest absolute Gasteiger partial charge is 0.142 e. The molecule has 0 amide bonds. The van der Waals surface area contributed by atoms with Crippen LogP contribution in [0.2, 0.25) is 0 Å². The molecule has 1 aliphatic rings. The molecule has 6 nitrogen and oxygen atoms in total. The minimum atomic E-state index is 0.557. The number of benzene rings is 1. The summed E-state index contributed by atoms with van der Waals surface area (Å²) < 4.78 is 7.77. The fourth-order valence-corrected chi connectivity index (χ4v) is 3.86. The first-order chi connectivity index (χ1) is 13.2. The second-order valence-electron chi connectivity index (χ2n) is 7.12. The van der Waals surface area contributed by atoms with E-state index in [-0.39, 0.29) is 0 Å². The van der Waals surface area contributed by atoms with Gasteiger partial charge in [0, 0.05) is 43.2 Å². The summed E-state index contributed by atoms with van der Waals surface area (Å²) in [4.78, 5) is 11.9. The fourth-order valence-electron chi connectivity index (χ4n) is 3.86. The molecule has 0 saturated carbocycles. The summed E-state index contributed by atoms with van der Waals surface area (Å²) in [6, 6.07) is 10.7. The van der Waals surface area contributed by atoms with Gasteiger partial charge in [-0.2, -0.15) is 0 Å². The number of ether oxygens (including phenoxy) is 1. The van der Waals surface area contributed by atoms with Crippen LogP contribution in [0.1, 0.15) is 26.7 Å². The van der Waals surface area contributed by atoms with Crippen LogP contribution in [-0.4, -0.2) is 40.3 Å². The molecule has 2 aromatic heterocycles. The van der Waals surface area contributed by atoms with Gasteiger partial charge in [-0.25, -0.2) is 9.97 Å². The largest absolute Gasteiger partial charge is 0.399 e. The van der Waals surface area contributed by atoms with Crippen LogP contribution in [0.3, 0.4) is 0 Å². The number of anilines is 2. The zero-order valence-corrected chi connectivity index (χ0v) is 16.1. The van der Waals surface area contributed by atoms with Crippen LogP contribution in [0, 0.1) is 0 Å². The lowest BCUT2D eigenvalue weighted by Crippen LogP contribution is -2.26. The zero-order chi connectivity index (χ0) is 18.8. The highest BCUT2D eigenvalue weighted by Crippen LogP contribution is 2.28. The fraction of sp³-hybridized carbons (Fsp3) is 0.429. The number of nitrogen functional groups attached to an aromatic ring is 1. The Morgan fingerprint density at radius 3 is 2.85 bits per heavy atom. The first kappa shape index (κ1) is 17.8. The van der Waals surface area contributed by atoms with Crippen LogP contribution in [0.5, 0.6) is 0 Å². The van der Waals surface area contributed by atoms with Gasteiger partial charge in [-0.3, -0.25) is 0 Å². The maximum absolute atomic E-state index is 5.95. The Morgan fingerprint density at radius 1 is 1.26 bits per heavy atom. The molecule has 0 spiro atoms. The molecule has 1 saturated heterocycles. The van der Waals surface area contributed by atoms with E-state index in [1.165, 1.54) is 12.8 Å². The van der Waals surface area contributed by atoms with Gasteiger partial charge >= 0.3 is 0 Å². The average Bonchev–Trinajstić information content (AvgIpc) is 3.25. The third-order valence-corrected chi connectivity index (χ3v) is 5.29. The van der Waals surface area contributed by atoms with E-state index in [0.717, 1.165) is 47.0 Å². The number of rotatable bonds is 6. The molecular weight excluding hydrogens is 338 g/mol. The maximum Gasteiger partial charge on any atom is 0.142 e. The monoisotopic (exact) mass is 365 g/mol. The topological polar surface area (TPSA) is 69.2 Å². The predicted molar refractivity (Wildman–Crippen MR) is 110 cm³/mol. The summed E-state index contributed by atoms with van der Waals surface area (Å²) in [5.41, 5.74) is 9.66. The normalized spacial score (nSPS) is 17.1. The summed E-state index contributed by atoms with van der Waals surface area (Å²) >= 11 is 0. The molecule has 3 aromatic rings. The minimum Gasteiger partial charge on any atom is -0.399 e. The first-order valence-electron chi connectivity index (χ1n) is 9.74. The van der Waals surface area contributed by atoms with Gasteiger partial charge in [0.1, 0.15) is 11.6 Å². The molecule has 0 radical (unpaired) electrons. The van der Waals surface area contributed by atoms with Gasteiger partial charge < -0.3 is 19.9 Å². The lowest BCUT2D eigenvalue weighted by Gasteiger charge is -2.22. The van der Waals surface area contributed by atoms with Crippen molar-refractivity contribution < 1.29 is 4.74 Å². The van der Waals surface area contributed by atoms with Crippen LogP contribution < -0.4 is 10.6 Å². The van der Waals surface area contributed by atoms with Crippen molar-refractivity contribution in [2.45, 2.75) is 39.3 Å². The number of nitrogens with zero attached hydrogens (tertiary/aromatic N) is 4. The SMILES string of the molecule is CCOCCn1c(-c2ccc(N3CCCC3C)nc2)nc2cc(N)ccc21. The lowest BCUT2D eigenvalue weighted by atomic mass is 10.2. The highest BCUT2D eigenvalue weighted by Gasteiger charge is 2.21. The van der Waals surface area contributed by atoms with Crippen LogP contribution in [0.25, 0.3) is 22.4 Å². The number of imidazole rings is 1. The Kier molecular flexibility index (Phi) is 4.99. The van der Waals surface area contributed by atoms with E-state index in [1.54, 1.807) is 0 Å². The number of fused-ring (bicyclic) bond motifs is 1. The van der Waals surface area contributed by atoms with Gasteiger partial charge in [0.15, 0.2) is 0 Å². The third kappa shape index (κ3) is 3.49. The van der Waals surface area contributed by atoms with E-state index in [0.29, 0.717) is 19.3 Å². The van der Waals surface area contributed by atoms with E-state index in [2.05, 4.69) is 28.5 Å². The number of aromatic nitrogens is 3. The van der Waals surface area contributed by atoms with Crippen LogP contribution in [-0.2, 0) is 11.3 Å². The molecular formula is C21H27N5O. The van der Waals surface area contributed by atoms with Crippen molar-refractivity contribution >= 4 is 22.5 Å². The van der Waals surface area contributed by atoms with Crippen molar-refractivity contribution in [3.8, 4) is 11.4 Å². The molecule has 2 N–H and O–H groups in total. The lowest BCUT2D eigenvalue weighted by molar-refractivity contribution is 0.140. The summed E-state index contributed by atoms with van der Waals surface area (Å²) in [5, 5.41) is 0. The molecule has 142 valence electrons. The number of pyridine rings is 1. The molecule has 1 fully saturated rings. The van der Waals surface area contributed by atoms with Gasteiger partial charge in [-0.1, -0.05) is 0 Å². The summed E-state index contributed by atoms with van der Waals surface area (Å²) in [7, 11) is 0. The summed E-state index contributed by atoms with van der Waals surface area (Å²) in [5.74, 6) is 1.95. The zero-order valence-electron chi connectivity index (χ0n) is 16.1. The van der Waals surface area contributed by atoms with Crippen molar-refractivity contribution in [2.24, 2.45) is 0 Å². The van der Waals surface area contributed by atoms with Crippen LogP contribution in [0.4, 0.5) is 11.5 Å². The maximum atomic E-state index is 5.95. The van der Waals surface area contributed by atoms with E-state index < -0.39 is 0 Å². The quantitative estimate of drug-likeness (QED) is 0.533. The first-order valence-corrected chi connectivity index (χ1v) is 9.74. The van der Waals surface area contributed by atoms with Crippen molar-refractivity contribution in [1.29, 1.82) is 0 Å². The molecule has 6 heteroatoms. The van der Waals surface area contributed by atoms with Crippen molar-refractivity contribution in [3.63, 3.8) is 0 Å². The van der Waals surface area contributed by atoms with Crippen molar-refractivity contribution in [1.82, 2.24) is 14.5 Å². The van der Waals surface area contributed by atoms with Crippen LogP contribution in [0.15, 0.2) is 36.5 Å². The third-order valence-electron chi connectivity index (χ3n) is 5.29. The number of hydrogen-bond acceptors (Lipinski definition) is 5. The molecule has 3 heterocycles. The summed E-state index contributed by atoms with van der Waals surface area (Å²) in [6.07, 6.45) is 4.40. The molecule has 0 aliphatic carbocycles. The Labute approximate surface area is 160 Å². The van der Waals surface area contributed by atoms with Gasteiger partial charge in [-0.15, -0.1) is 0 Å². The van der Waals surface area contributed by atoms with Gasteiger partial charge in [0.2, 0.25) is 0 Å². The van der Waals surface area contributed by atoms with Crippen molar-refractivity contribution in [2.75, 3.05) is 30.4 Å². The van der Waals surface area contributed by atoms with Gasteiger partial charge in [0.05, 0.1) is 17.6 Å². The Morgan fingerprint density at radius 2 is 2.15 bits per heavy atom. The number of hydrogen-bond donors (Lipinski definition) is 1. The van der Waals surface area contributed by atoms with E-state index >= 15 is 0 Å². The highest BCUT2D eigenvalue weighted by molar-refractivity contribution is 5.83. The standard InChI is InChI=1S/C21H27N5O/c1-3-27-12-11-26-19-8-7-17(22)13-18(19)24-21(26)16-6-9-20(23-14-16)25-10-4-5-15(25)2/h6-9,13-15H,3-5,10-12,22H2,1-2H3. The molecule has 0 bridgehead atoms. The minimum absolute atomic E-state index is 0.557. The average molecular weight is 365 g/mol. The highest BCUT2D eigenvalue weighted by atomic mass is 16.5. The van der Waals surface area contributed by atoms with E-state index in [9.17, 15) is 0 Å². The van der Waals surface area contributed by atoms with Crippen LogP contribution >= 0.6 is 0 Å². The van der Waals surface area contributed by atoms with Crippen molar-refractivity contribution in [3.05, 3.63) is 36.5 Å². The molecule has 1 aromatic carbocycles. The van der Waals surface area contributed by atoms with E-state index in [4.69, 9.17) is 20.4 Å². The molecule has 4 rings (SSSR count).